The van der Waals surface area contributed by atoms with Crippen molar-refractivity contribution in [3.8, 4) is 17.1 Å². The van der Waals surface area contributed by atoms with E-state index in [0.29, 0.717) is 19.3 Å². The summed E-state index contributed by atoms with van der Waals surface area (Å²) in [5, 5.41) is 13.8. The number of benzene rings is 3. The van der Waals surface area contributed by atoms with Gasteiger partial charge in [0.15, 0.2) is 0 Å². The van der Waals surface area contributed by atoms with E-state index < -0.39 is 35.5 Å². The molecule has 3 aromatic heterocycles. The van der Waals surface area contributed by atoms with Gasteiger partial charge in [-0.25, -0.2) is 27.2 Å². The van der Waals surface area contributed by atoms with Crippen LogP contribution in [0.2, 0.25) is 0 Å². The highest BCUT2D eigenvalue weighted by molar-refractivity contribution is 5.86. The molecule has 99 heavy (non-hydrogen) atoms. The fourth-order valence-corrected chi connectivity index (χ4v) is 18.3. The Labute approximate surface area is 572 Å². The van der Waals surface area contributed by atoms with Gasteiger partial charge in [0.2, 0.25) is 0 Å². The van der Waals surface area contributed by atoms with Gasteiger partial charge >= 0.3 is 35.8 Å². The third-order valence-corrected chi connectivity index (χ3v) is 23.2. The Morgan fingerprint density at radius 2 is 0.626 bits per heavy atom. The fourth-order valence-electron chi connectivity index (χ4n) is 18.3. The molecular weight excluding hydrogens is 1270 g/mol. The van der Waals surface area contributed by atoms with Crippen molar-refractivity contribution in [1.29, 1.82) is 0 Å². The Morgan fingerprint density at radius 1 is 0.384 bits per heavy atom. The molecule has 6 aromatic rings. The van der Waals surface area contributed by atoms with Crippen molar-refractivity contribution in [3.63, 3.8) is 0 Å². The number of hydrogen-bond donors (Lipinski definition) is 0. The third-order valence-electron chi connectivity index (χ3n) is 23.2. The second kappa shape index (κ2) is 26.9. The lowest BCUT2D eigenvalue weighted by molar-refractivity contribution is -0.160. The molecule has 0 radical (unpaired) electrons. The maximum atomic E-state index is 13.4. The summed E-state index contributed by atoms with van der Waals surface area (Å²) in [6.45, 7) is 6.67. The Balaban J connectivity index is 0.000000133. The number of halogens is 3. The van der Waals surface area contributed by atoms with Gasteiger partial charge in [0.1, 0.15) is 17.5 Å². The number of carbonyl (C=O) groups excluding carboxylic acids is 6. The van der Waals surface area contributed by atoms with Crippen LogP contribution in [0.1, 0.15) is 112 Å². The maximum Gasteiger partial charge on any atom is 0.310 e. The highest BCUT2D eigenvalue weighted by atomic mass is 19.1. The van der Waals surface area contributed by atoms with E-state index in [-0.39, 0.29) is 87.3 Å². The minimum atomic E-state index is -0.538. The molecule has 0 aliphatic heterocycles. The van der Waals surface area contributed by atoms with Gasteiger partial charge in [-0.05, 0) is 203 Å². The normalized spacial score (nSPS) is 27.9. The number of esters is 6. The summed E-state index contributed by atoms with van der Waals surface area (Å²) in [6.07, 6.45) is 27.1. The van der Waals surface area contributed by atoms with Gasteiger partial charge in [0.05, 0.1) is 131 Å². The van der Waals surface area contributed by atoms with Crippen molar-refractivity contribution in [2.24, 2.45) is 69.5 Å². The average molecular weight is 1350 g/mol. The maximum absolute atomic E-state index is 13.4. The first-order chi connectivity index (χ1) is 47.6. The van der Waals surface area contributed by atoms with Crippen LogP contribution in [0.4, 0.5) is 13.2 Å². The highest BCUT2D eigenvalue weighted by Gasteiger charge is 2.56. The van der Waals surface area contributed by atoms with Crippen molar-refractivity contribution in [2.45, 2.75) is 97.8 Å². The molecule has 18 nitrogen and oxygen atoms in total. The van der Waals surface area contributed by atoms with E-state index in [9.17, 15) is 41.9 Å². The minimum Gasteiger partial charge on any atom is -0.469 e. The van der Waals surface area contributed by atoms with Gasteiger partial charge in [-0.3, -0.25) is 28.8 Å². The van der Waals surface area contributed by atoms with Crippen LogP contribution in [0.5, 0.6) is 0 Å². The van der Waals surface area contributed by atoms with Crippen LogP contribution in [0.15, 0.2) is 143 Å². The van der Waals surface area contributed by atoms with Crippen LogP contribution >= 0.6 is 0 Å². The molecule has 21 heteroatoms. The van der Waals surface area contributed by atoms with E-state index in [1.165, 1.54) is 112 Å². The second-order valence-corrected chi connectivity index (χ2v) is 28.0. The van der Waals surface area contributed by atoms with Crippen molar-refractivity contribution in [2.75, 3.05) is 42.7 Å². The first kappa shape index (κ1) is 67.9. The molecule has 9 aliphatic rings. The van der Waals surface area contributed by atoms with Gasteiger partial charge in [-0.1, -0.05) is 72.4 Å². The molecule has 3 fully saturated rings. The zero-order chi connectivity index (χ0) is 70.0. The fraction of sp³-hybridized carbons (Fsp3) is 0.423. The zero-order valence-electron chi connectivity index (χ0n) is 57.0. The zero-order valence-corrected chi connectivity index (χ0v) is 57.0. The van der Waals surface area contributed by atoms with E-state index in [4.69, 9.17) is 28.4 Å². The molecule has 0 N–H and O–H groups in total. The Hall–Kier alpha value is -9.66. The topological polar surface area (TPSA) is 211 Å². The molecule has 516 valence electrons. The summed E-state index contributed by atoms with van der Waals surface area (Å²) in [6, 6.07) is 19.0. The molecule has 0 saturated heterocycles. The molecule has 0 amide bonds. The lowest BCUT2D eigenvalue weighted by Crippen LogP contribution is -2.46. The lowest BCUT2D eigenvalue weighted by atomic mass is 9.54. The predicted octanol–water partition coefficient (Wildman–Crippen LogP) is 12.8. The number of carbonyl (C=O) groups is 6. The number of allylic oxidation sites excluding steroid dienone is 9. The summed E-state index contributed by atoms with van der Waals surface area (Å²) < 4.78 is 76.1. The van der Waals surface area contributed by atoms with Crippen LogP contribution in [0.25, 0.3) is 35.3 Å². The van der Waals surface area contributed by atoms with E-state index in [2.05, 4.69) is 72.5 Å². The SMILES string of the molecule is COC(=O)[C@@H]1[C@@H](C(=O)OC)CC=C2[C@@H]1CCC1=Cc3c(cnn3-c3ccc(F)cc3)C[C@@]12C.COC(=O)[C@@H]1[C@@H]2CCC3=Cc4c(cnn4-c4ccc(F)cc4)C[C@]3(C)C2=CC[C@H]1C(=O)OC.COC(=O)[C@H]1[C@H](C(=O)OC)CC=C2[C@@H]1CCC1=Cc3c(cnn3-c3ccc(F)cc3)C[C@@]12C. The molecular formula is C78H81F3N6O12. The van der Waals surface area contributed by atoms with Crippen LogP contribution in [0.3, 0.4) is 0 Å². The smallest absolute Gasteiger partial charge is 0.310 e. The standard InChI is InChI=1S/3C26H27FN2O4/c3*1-26-13-15-14-28-29(18-7-5-17(27)6-8-18)22(15)12-16(26)4-9-19-21(26)11-10-20(24(30)32-2)23(19)25(31)33-3/h3*5-8,11-12,14,19-20,23H,4,9-10,13H2,1-3H3/t19-,20+,23+,26-;19-,20-,23-,26+;19-,20-,23-,26-/m010/s1. The van der Waals surface area contributed by atoms with Crippen LogP contribution in [0, 0.1) is 87.0 Å². The molecule has 0 spiro atoms. The first-order valence-corrected chi connectivity index (χ1v) is 33.8. The summed E-state index contributed by atoms with van der Waals surface area (Å²) in [5.74, 6) is -6.34. The first-order valence-electron chi connectivity index (χ1n) is 33.8. The van der Waals surface area contributed by atoms with E-state index in [1.54, 1.807) is 36.4 Å². The largest absolute Gasteiger partial charge is 0.469 e. The molecule has 3 saturated carbocycles. The lowest BCUT2D eigenvalue weighted by Gasteiger charge is -2.49. The number of rotatable bonds is 9. The number of nitrogens with zero attached hydrogens (tertiary/aromatic N) is 6. The van der Waals surface area contributed by atoms with Gasteiger partial charge in [0.25, 0.3) is 0 Å². The van der Waals surface area contributed by atoms with Crippen LogP contribution < -0.4 is 0 Å². The Kier molecular flexibility index (Phi) is 18.4. The van der Waals surface area contributed by atoms with Gasteiger partial charge in [0, 0.05) is 16.2 Å². The third kappa shape index (κ3) is 11.8. The van der Waals surface area contributed by atoms with Crippen LogP contribution in [-0.2, 0) is 76.5 Å². The molecule has 0 bridgehead atoms. The van der Waals surface area contributed by atoms with Crippen LogP contribution in [-0.4, -0.2) is 108 Å². The number of hydrogen-bond acceptors (Lipinski definition) is 15. The monoisotopic (exact) mass is 1350 g/mol. The summed E-state index contributed by atoms with van der Waals surface area (Å²) >= 11 is 0. The Bertz CT molecular complexity index is 3980. The highest BCUT2D eigenvalue weighted by Crippen LogP contribution is 2.61. The summed E-state index contributed by atoms with van der Waals surface area (Å²) in [4.78, 5) is 75.7. The summed E-state index contributed by atoms with van der Waals surface area (Å²) in [7, 11) is 8.21. The van der Waals surface area contributed by atoms with E-state index in [1.807, 2.05) is 32.6 Å². The number of methoxy groups -OCH3 is 6. The van der Waals surface area contributed by atoms with Gasteiger partial charge in [-0.15, -0.1) is 0 Å². The van der Waals surface area contributed by atoms with E-state index >= 15 is 0 Å². The molecule has 9 aliphatic carbocycles. The molecule has 15 rings (SSSR count). The second-order valence-electron chi connectivity index (χ2n) is 28.0. The molecule has 12 atom stereocenters. The predicted molar refractivity (Wildman–Crippen MR) is 359 cm³/mol. The van der Waals surface area contributed by atoms with Crippen molar-refractivity contribution >= 4 is 54.0 Å². The average Bonchev–Trinajstić information content (AvgIpc) is 1.71. The van der Waals surface area contributed by atoms with Gasteiger partial charge < -0.3 is 28.4 Å². The van der Waals surface area contributed by atoms with Gasteiger partial charge in [-0.2, -0.15) is 15.3 Å². The minimum absolute atomic E-state index is 0.0638. The summed E-state index contributed by atoms with van der Waals surface area (Å²) in [5.41, 5.74) is 15.6. The number of aromatic nitrogens is 6. The molecule has 3 heterocycles. The molecule has 3 aromatic carbocycles. The number of ether oxygens (including phenoxy) is 6. The van der Waals surface area contributed by atoms with Crippen molar-refractivity contribution in [1.82, 2.24) is 29.3 Å². The number of fused-ring (bicyclic) bond motifs is 12. The molecule has 0 unspecified atom stereocenters. The quantitative estimate of drug-likeness (QED) is 0.0748. The van der Waals surface area contributed by atoms with E-state index in [0.717, 1.165) is 109 Å². The van der Waals surface area contributed by atoms with Crippen molar-refractivity contribution in [3.05, 3.63) is 194 Å². The Morgan fingerprint density at radius 3 is 0.859 bits per heavy atom. The van der Waals surface area contributed by atoms with Crippen molar-refractivity contribution < 1.29 is 70.4 Å².